The monoisotopic (exact) mass is 203 g/mol. The van der Waals surface area contributed by atoms with Crippen LogP contribution in [0.1, 0.15) is 21.6 Å². The lowest BCUT2D eigenvalue weighted by Gasteiger charge is -2.02. The van der Waals surface area contributed by atoms with Crippen molar-refractivity contribution in [3.05, 3.63) is 29.0 Å². The molecular weight excluding hydrogens is 190 g/mol. The van der Waals surface area contributed by atoms with E-state index in [0.717, 1.165) is 34.2 Å². The van der Waals surface area contributed by atoms with E-state index in [0.29, 0.717) is 5.56 Å². The summed E-state index contributed by atoms with van der Waals surface area (Å²) in [6, 6.07) is 3.84. The molecule has 0 unspecified atom stereocenters. The van der Waals surface area contributed by atoms with E-state index in [9.17, 15) is 4.79 Å². The first-order chi connectivity index (χ1) is 7.17. The van der Waals surface area contributed by atoms with Gasteiger partial charge in [0.25, 0.3) is 0 Å². The quantitative estimate of drug-likeness (QED) is 0.762. The Balaban J connectivity index is 2.86. The van der Waals surface area contributed by atoms with E-state index in [1.165, 1.54) is 0 Å². The van der Waals surface area contributed by atoms with Crippen LogP contribution < -0.4 is 4.74 Å². The highest BCUT2D eigenvalue weighted by Gasteiger charge is 2.10. The van der Waals surface area contributed by atoms with Crippen LogP contribution in [0.3, 0.4) is 0 Å². The lowest BCUT2D eigenvalue weighted by molar-refractivity contribution is 0.112. The number of carbonyl (C=O) groups is 1. The van der Waals surface area contributed by atoms with Gasteiger partial charge in [-0.05, 0) is 31.5 Å². The summed E-state index contributed by atoms with van der Waals surface area (Å²) in [6.45, 7) is 3.89. The molecule has 0 saturated heterocycles. The minimum Gasteiger partial charge on any atom is -0.497 e. The number of methoxy groups -OCH3 is 1. The highest BCUT2D eigenvalue weighted by molar-refractivity contribution is 6.00. The smallest absolute Gasteiger partial charge is 0.152 e. The van der Waals surface area contributed by atoms with Gasteiger partial charge in [-0.25, -0.2) is 0 Å². The van der Waals surface area contributed by atoms with Crippen molar-refractivity contribution in [2.24, 2.45) is 0 Å². The number of H-pyrrole nitrogens is 1. The van der Waals surface area contributed by atoms with Crippen molar-refractivity contribution < 1.29 is 9.53 Å². The topological polar surface area (TPSA) is 42.1 Å². The van der Waals surface area contributed by atoms with Crippen LogP contribution in [0.4, 0.5) is 0 Å². The standard InChI is InChI=1S/C12H13NO2/c1-7-4-9(15-3)5-10-11(6-14)8(2)13-12(7)10/h4-6,13H,1-3H3. The highest BCUT2D eigenvalue weighted by Crippen LogP contribution is 2.28. The van der Waals surface area contributed by atoms with Gasteiger partial charge in [-0.15, -0.1) is 0 Å². The number of aldehydes is 1. The number of hydrogen-bond donors (Lipinski definition) is 1. The lowest BCUT2D eigenvalue weighted by Crippen LogP contribution is -1.85. The van der Waals surface area contributed by atoms with E-state index < -0.39 is 0 Å². The Morgan fingerprint density at radius 3 is 2.67 bits per heavy atom. The SMILES string of the molecule is COc1cc(C)c2[nH]c(C)c(C=O)c2c1. The number of nitrogens with one attached hydrogen (secondary N) is 1. The molecule has 0 spiro atoms. The van der Waals surface area contributed by atoms with Gasteiger partial charge in [0.1, 0.15) is 5.75 Å². The van der Waals surface area contributed by atoms with Crippen molar-refractivity contribution in [1.29, 1.82) is 0 Å². The highest BCUT2D eigenvalue weighted by atomic mass is 16.5. The molecule has 15 heavy (non-hydrogen) atoms. The number of aromatic nitrogens is 1. The second-order valence-electron chi connectivity index (χ2n) is 3.65. The van der Waals surface area contributed by atoms with Crippen molar-refractivity contribution in [2.45, 2.75) is 13.8 Å². The minimum absolute atomic E-state index is 0.715. The van der Waals surface area contributed by atoms with E-state index in [-0.39, 0.29) is 0 Å². The lowest BCUT2D eigenvalue weighted by atomic mass is 10.1. The van der Waals surface area contributed by atoms with E-state index in [1.54, 1.807) is 7.11 Å². The molecule has 0 atom stereocenters. The molecule has 0 fully saturated rings. The molecule has 0 amide bonds. The van der Waals surface area contributed by atoms with Gasteiger partial charge in [-0.3, -0.25) is 4.79 Å². The Bertz CT molecular complexity index is 526. The van der Waals surface area contributed by atoms with E-state index in [2.05, 4.69) is 4.98 Å². The van der Waals surface area contributed by atoms with Gasteiger partial charge >= 0.3 is 0 Å². The molecule has 1 aromatic heterocycles. The molecule has 0 aliphatic carbocycles. The van der Waals surface area contributed by atoms with Crippen molar-refractivity contribution in [1.82, 2.24) is 4.98 Å². The summed E-state index contributed by atoms with van der Waals surface area (Å²) in [6.07, 6.45) is 0.882. The molecule has 0 bridgehead atoms. The Hall–Kier alpha value is -1.77. The summed E-state index contributed by atoms with van der Waals surface area (Å²) in [5.41, 5.74) is 3.71. The molecule has 0 aliphatic heterocycles. The average Bonchev–Trinajstić information content (AvgIpc) is 2.54. The molecule has 1 N–H and O–H groups in total. The van der Waals surface area contributed by atoms with Gasteiger partial charge in [0.05, 0.1) is 7.11 Å². The van der Waals surface area contributed by atoms with Crippen molar-refractivity contribution in [2.75, 3.05) is 7.11 Å². The molecule has 2 rings (SSSR count). The number of aryl methyl sites for hydroxylation is 2. The molecule has 1 heterocycles. The van der Waals surface area contributed by atoms with Crippen LogP contribution >= 0.6 is 0 Å². The van der Waals surface area contributed by atoms with Crippen LogP contribution in [0.25, 0.3) is 10.9 Å². The Morgan fingerprint density at radius 1 is 1.33 bits per heavy atom. The maximum absolute atomic E-state index is 11.0. The van der Waals surface area contributed by atoms with Crippen molar-refractivity contribution in [3.8, 4) is 5.75 Å². The molecule has 1 aromatic carbocycles. The molecule has 0 aliphatic rings. The number of hydrogen-bond acceptors (Lipinski definition) is 2. The summed E-state index contributed by atoms with van der Waals surface area (Å²) in [4.78, 5) is 14.2. The van der Waals surface area contributed by atoms with E-state index in [1.807, 2.05) is 26.0 Å². The second-order valence-corrected chi connectivity index (χ2v) is 3.65. The Morgan fingerprint density at radius 2 is 2.07 bits per heavy atom. The third kappa shape index (κ3) is 1.40. The number of ether oxygens (including phenoxy) is 1. The van der Waals surface area contributed by atoms with Gasteiger partial charge in [-0.2, -0.15) is 0 Å². The number of carbonyl (C=O) groups excluding carboxylic acids is 1. The molecule has 0 saturated carbocycles. The predicted octanol–water partition coefficient (Wildman–Crippen LogP) is 2.61. The number of benzene rings is 1. The van der Waals surface area contributed by atoms with Crippen LogP contribution in [0, 0.1) is 13.8 Å². The van der Waals surface area contributed by atoms with Crippen LogP contribution in [-0.2, 0) is 0 Å². The fraction of sp³-hybridized carbons (Fsp3) is 0.250. The first kappa shape index (κ1) is 9.77. The van der Waals surface area contributed by atoms with Gasteiger partial charge in [0.15, 0.2) is 6.29 Å². The summed E-state index contributed by atoms with van der Waals surface area (Å²) in [5.74, 6) is 0.780. The number of aromatic amines is 1. The van der Waals surface area contributed by atoms with E-state index >= 15 is 0 Å². The van der Waals surface area contributed by atoms with Crippen molar-refractivity contribution in [3.63, 3.8) is 0 Å². The Labute approximate surface area is 88.1 Å². The molecule has 3 heteroatoms. The fourth-order valence-electron chi connectivity index (χ4n) is 1.86. The van der Waals surface area contributed by atoms with E-state index in [4.69, 9.17) is 4.74 Å². The minimum atomic E-state index is 0.715. The maximum Gasteiger partial charge on any atom is 0.152 e. The van der Waals surface area contributed by atoms with Crippen LogP contribution in [0.5, 0.6) is 5.75 Å². The first-order valence-corrected chi connectivity index (χ1v) is 4.79. The van der Waals surface area contributed by atoms with Gasteiger partial charge in [0.2, 0.25) is 0 Å². The van der Waals surface area contributed by atoms with Gasteiger partial charge in [0, 0.05) is 22.2 Å². The molecule has 78 valence electrons. The predicted molar refractivity (Wildman–Crippen MR) is 59.7 cm³/mol. The van der Waals surface area contributed by atoms with Crippen LogP contribution in [0.15, 0.2) is 12.1 Å². The number of fused-ring (bicyclic) bond motifs is 1. The zero-order valence-corrected chi connectivity index (χ0v) is 9.05. The third-order valence-electron chi connectivity index (χ3n) is 2.67. The molecule has 0 radical (unpaired) electrons. The first-order valence-electron chi connectivity index (χ1n) is 4.79. The fourth-order valence-corrected chi connectivity index (χ4v) is 1.86. The zero-order chi connectivity index (χ0) is 11.0. The molecule has 2 aromatic rings. The Kier molecular flexibility index (Phi) is 2.23. The summed E-state index contributed by atoms with van der Waals surface area (Å²) < 4.78 is 5.18. The van der Waals surface area contributed by atoms with Crippen molar-refractivity contribution >= 4 is 17.2 Å². The van der Waals surface area contributed by atoms with Crippen LogP contribution in [0.2, 0.25) is 0 Å². The molecule has 3 nitrogen and oxygen atoms in total. The zero-order valence-electron chi connectivity index (χ0n) is 9.05. The summed E-state index contributed by atoms with van der Waals surface area (Å²) >= 11 is 0. The maximum atomic E-state index is 11.0. The third-order valence-corrected chi connectivity index (χ3v) is 2.67. The largest absolute Gasteiger partial charge is 0.497 e. The van der Waals surface area contributed by atoms with Gasteiger partial charge in [-0.1, -0.05) is 0 Å². The molecular formula is C12H13NO2. The average molecular weight is 203 g/mol. The number of rotatable bonds is 2. The second kappa shape index (κ2) is 3.42. The van der Waals surface area contributed by atoms with Gasteiger partial charge < -0.3 is 9.72 Å². The normalized spacial score (nSPS) is 10.6. The summed E-state index contributed by atoms with van der Waals surface area (Å²) in [5, 5.41) is 0.930. The summed E-state index contributed by atoms with van der Waals surface area (Å²) in [7, 11) is 1.63. The van der Waals surface area contributed by atoms with Crippen LogP contribution in [-0.4, -0.2) is 18.4 Å².